The van der Waals surface area contributed by atoms with Crippen LogP contribution in [0.2, 0.25) is 5.02 Å². The fraction of sp³-hybridized carbons (Fsp3) is 0.455. The number of nitrogens with zero attached hydrogens (tertiary/aromatic N) is 4. The van der Waals surface area contributed by atoms with E-state index in [2.05, 4.69) is 20.1 Å². The zero-order valence-corrected chi connectivity index (χ0v) is 24.8. The summed E-state index contributed by atoms with van der Waals surface area (Å²) in [5, 5.41) is 6.26. The fourth-order valence-electron chi connectivity index (χ4n) is 7.94. The molecule has 0 radical (unpaired) electrons. The molecule has 43 heavy (non-hydrogen) atoms. The predicted octanol–water partition coefficient (Wildman–Crippen LogP) is 6.15. The lowest BCUT2D eigenvalue weighted by Crippen LogP contribution is -2.51. The molecule has 224 valence electrons. The van der Waals surface area contributed by atoms with Gasteiger partial charge in [-0.25, -0.2) is 8.78 Å². The minimum atomic E-state index is -0.867. The molecular weight excluding hydrogens is 572 g/mol. The summed E-state index contributed by atoms with van der Waals surface area (Å²) in [7, 11) is 1.59. The van der Waals surface area contributed by atoms with Crippen molar-refractivity contribution in [2.45, 2.75) is 55.9 Å². The Hall–Kier alpha value is -3.27. The number of halogens is 3. The van der Waals surface area contributed by atoms with Crippen molar-refractivity contribution in [1.82, 2.24) is 20.2 Å². The first-order valence-corrected chi connectivity index (χ1v) is 15.6. The largest absolute Gasteiger partial charge is 0.497 e. The Morgan fingerprint density at radius 1 is 1.07 bits per heavy atom. The minimum Gasteiger partial charge on any atom is -0.497 e. The third-order valence-corrected chi connectivity index (χ3v) is 10.2. The summed E-state index contributed by atoms with van der Waals surface area (Å²) in [4.78, 5) is 14.0. The van der Waals surface area contributed by atoms with Crippen molar-refractivity contribution in [3.63, 3.8) is 0 Å². The molecule has 4 atom stereocenters. The van der Waals surface area contributed by atoms with E-state index in [1.54, 1.807) is 13.2 Å². The Labute approximate surface area is 254 Å². The maximum absolute atomic E-state index is 16.9. The molecular formula is C33H34ClF2N5O2. The molecule has 4 aliphatic rings. The lowest BCUT2D eigenvalue weighted by atomic mass is 9.95. The SMILES string of the molecule is COc1cc(-c2c(Cl)cc3c(N4CC5CCC(C4)N5)nc(OC[C@]45CCCN4C[C@@H](F)C5)nc3c2F)c2ccccc2c1. The minimum absolute atomic E-state index is 0.111. The number of aromatic nitrogens is 2. The fourth-order valence-corrected chi connectivity index (χ4v) is 8.23. The molecule has 2 unspecified atom stereocenters. The second-order valence-electron chi connectivity index (χ2n) is 12.6. The van der Waals surface area contributed by atoms with Crippen LogP contribution in [0.4, 0.5) is 14.6 Å². The van der Waals surface area contributed by atoms with E-state index in [9.17, 15) is 4.39 Å². The lowest BCUT2D eigenvalue weighted by molar-refractivity contribution is 0.107. The van der Waals surface area contributed by atoms with Crippen LogP contribution < -0.4 is 19.7 Å². The van der Waals surface area contributed by atoms with Crippen LogP contribution in [0.25, 0.3) is 32.8 Å². The Balaban J connectivity index is 1.27. The molecule has 4 aliphatic heterocycles. The van der Waals surface area contributed by atoms with Gasteiger partial charge in [0.15, 0.2) is 5.82 Å². The van der Waals surface area contributed by atoms with Crippen molar-refractivity contribution < 1.29 is 18.3 Å². The van der Waals surface area contributed by atoms with Gasteiger partial charge < -0.3 is 19.7 Å². The number of nitrogens with one attached hydrogen (secondary N) is 1. The molecule has 1 aromatic heterocycles. The van der Waals surface area contributed by atoms with Gasteiger partial charge in [0.1, 0.15) is 29.9 Å². The lowest BCUT2D eigenvalue weighted by Gasteiger charge is -2.34. The zero-order chi connectivity index (χ0) is 29.3. The third kappa shape index (κ3) is 4.59. The van der Waals surface area contributed by atoms with E-state index in [1.165, 1.54) is 0 Å². The van der Waals surface area contributed by atoms with E-state index in [1.807, 2.05) is 36.4 Å². The molecule has 7 nitrogen and oxygen atoms in total. The van der Waals surface area contributed by atoms with Gasteiger partial charge in [-0.2, -0.15) is 9.97 Å². The Morgan fingerprint density at radius 3 is 2.70 bits per heavy atom. The standard InChI is InChI=1S/C33H34ClF2N5O2/c1-42-23-11-19-5-2-3-6-24(19)25(12-23)28-27(34)13-26-30(29(28)36)38-32(39-31(26)40-16-21-7-8-22(17-40)37-21)43-18-33-9-4-10-41(33)15-20(35)14-33/h2-3,5-6,11-13,20-22,37H,4,7-10,14-18H2,1H3/t20-,21?,22?,33+/m0/s1. The topological polar surface area (TPSA) is 62.8 Å². The van der Waals surface area contributed by atoms with Gasteiger partial charge >= 0.3 is 6.01 Å². The molecule has 2 bridgehead atoms. The molecule has 0 saturated carbocycles. The number of methoxy groups -OCH3 is 1. The average molecular weight is 606 g/mol. The van der Waals surface area contributed by atoms with Crippen LogP contribution in [0.15, 0.2) is 42.5 Å². The van der Waals surface area contributed by atoms with Crippen molar-refractivity contribution in [3.05, 3.63) is 53.3 Å². The van der Waals surface area contributed by atoms with Gasteiger partial charge in [0.05, 0.1) is 17.7 Å². The summed E-state index contributed by atoms with van der Waals surface area (Å²) >= 11 is 6.94. The van der Waals surface area contributed by atoms with Crippen LogP contribution >= 0.6 is 11.6 Å². The van der Waals surface area contributed by atoms with Gasteiger partial charge in [-0.05, 0) is 66.8 Å². The van der Waals surface area contributed by atoms with Crippen LogP contribution in [0.5, 0.6) is 11.8 Å². The third-order valence-electron chi connectivity index (χ3n) is 9.93. The van der Waals surface area contributed by atoms with E-state index < -0.39 is 12.0 Å². The van der Waals surface area contributed by atoms with Crippen LogP contribution in [-0.2, 0) is 0 Å². The van der Waals surface area contributed by atoms with E-state index >= 15 is 4.39 Å². The summed E-state index contributed by atoms with van der Waals surface area (Å²) in [5.41, 5.74) is 0.683. The highest BCUT2D eigenvalue weighted by molar-refractivity contribution is 6.35. The smallest absolute Gasteiger partial charge is 0.319 e. The van der Waals surface area contributed by atoms with Crippen LogP contribution in [0.1, 0.15) is 32.1 Å². The molecule has 8 rings (SSSR count). The number of hydrogen-bond acceptors (Lipinski definition) is 7. The summed E-state index contributed by atoms with van der Waals surface area (Å²) in [6, 6.07) is 14.1. The number of anilines is 1. The highest BCUT2D eigenvalue weighted by Crippen LogP contribution is 2.44. The number of piperazine rings is 1. The molecule has 4 fully saturated rings. The summed E-state index contributed by atoms with van der Waals surface area (Å²) in [6.07, 6.45) is 3.64. The van der Waals surface area contributed by atoms with Crippen molar-refractivity contribution in [1.29, 1.82) is 0 Å². The van der Waals surface area contributed by atoms with Gasteiger partial charge in [0, 0.05) is 49.1 Å². The maximum atomic E-state index is 16.9. The molecule has 10 heteroatoms. The number of ether oxygens (including phenoxy) is 2. The number of rotatable bonds is 6. The first-order valence-electron chi connectivity index (χ1n) is 15.2. The molecule has 4 saturated heterocycles. The quantitative estimate of drug-likeness (QED) is 0.283. The molecule has 0 spiro atoms. The van der Waals surface area contributed by atoms with E-state index in [0.717, 1.165) is 56.1 Å². The average Bonchev–Trinajstić information content (AvgIpc) is 3.66. The summed E-state index contributed by atoms with van der Waals surface area (Å²) in [6.45, 7) is 3.08. The molecule has 1 N–H and O–H groups in total. The van der Waals surface area contributed by atoms with Crippen molar-refractivity contribution >= 4 is 39.1 Å². The van der Waals surface area contributed by atoms with Crippen LogP contribution in [0.3, 0.4) is 0 Å². The van der Waals surface area contributed by atoms with Gasteiger partial charge in [-0.1, -0.05) is 35.9 Å². The Bertz CT molecular complexity index is 1730. The number of benzene rings is 3. The molecule has 5 heterocycles. The molecule has 4 aromatic rings. The normalized spacial score (nSPS) is 26.9. The number of hydrogen-bond donors (Lipinski definition) is 1. The van der Waals surface area contributed by atoms with Crippen LogP contribution in [0, 0.1) is 5.82 Å². The molecule has 3 aromatic carbocycles. The van der Waals surface area contributed by atoms with Crippen molar-refractivity contribution in [2.24, 2.45) is 0 Å². The molecule has 0 aliphatic carbocycles. The zero-order valence-electron chi connectivity index (χ0n) is 24.1. The van der Waals surface area contributed by atoms with Gasteiger partial charge in [0.25, 0.3) is 0 Å². The first kappa shape index (κ1) is 27.3. The highest BCUT2D eigenvalue weighted by Gasteiger charge is 2.49. The van der Waals surface area contributed by atoms with E-state index in [0.29, 0.717) is 47.6 Å². The van der Waals surface area contributed by atoms with Crippen molar-refractivity contribution in [3.8, 4) is 22.9 Å². The monoisotopic (exact) mass is 605 g/mol. The van der Waals surface area contributed by atoms with Gasteiger partial charge in [-0.3, -0.25) is 4.90 Å². The number of alkyl halides is 1. The second kappa shape index (κ2) is 10.4. The Kier molecular flexibility index (Phi) is 6.62. The second-order valence-corrected chi connectivity index (χ2v) is 13.0. The van der Waals surface area contributed by atoms with E-state index in [-0.39, 0.29) is 34.3 Å². The van der Waals surface area contributed by atoms with Crippen LogP contribution in [-0.4, -0.2) is 78.6 Å². The summed E-state index contributed by atoms with van der Waals surface area (Å²) in [5.74, 6) is 0.700. The molecule has 0 amide bonds. The van der Waals surface area contributed by atoms with Gasteiger partial charge in [0.2, 0.25) is 0 Å². The number of fused-ring (bicyclic) bond motifs is 5. The predicted molar refractivity (Wildman–Crippen MR) is 165 cm³/mol. The maximum Gasteiger partial charge on any atom is 0.319 e. The Morgan fingerprint density at radius 2 is 1.88 bits per heavy atom. The summed E-state index contributed by atoms with van der Waals surface area (Å²) < 4.78 is 43.2. The highest BCUT2D eigenvalue weighted by atomic mass is 35.5. The van der Waals surface area contributed by atoms with Gasteiger partial charge in [-0.15, -0.1) is 0 Å². The van der Waals surface area contributed by atoms with E-state index in [4.69, 9.17) is 26.1 Å². The van der Waals surface area contributed by atoms with Crippen molar-refractivity contribution in [2.75, 3.05) is 44.8 Å². The first-order chi connectivity index (χ1) is 20.9.